The third-order valence-electron chi connectivity index (χ3n) is 4.01. The Morgan fingerprint density at radius 2 is 2.00 bits per heavy atom. The van der Waals surface area contributed by atoms with Gasteiger partial charge < -0.3 is 11.1 Å². The van der Waals surface area contributed by atoms with Crippen molar-refractivity contribution < 1.29 is 13.2 Å². The summed E-state index contributed by atoms with van der Waals surface area (Å²) in [4.78, 5) is 12.1. The summed E-state index contributed by atoms with van der Waals surface area (Å²) in [6.07, 6.45) is 0.521. The fraction of sp³-hybridized carbons (Fsp3) is 0.500. The first-order valence-electron chi connectivity index (χ1n) is 6.85. The van der Waals surface area contributed by atoms with Gasteiger partial charge in [0.25, 0.3) is 0 Å². The topological polar surface area (TPSA) is 92.5 Å². The number of hydrogen-bond donors (Lipinski definition) is 2. The molecule has 0 aromatic heterocycles. The van der Waals surface area contributed by atoms with E-state index in [0.717, 1.165) is 5.56 Å². The van der Waals surface area contributed by atoms with Gasteiger partial charge in [0.05, 0.1) is 10.3 Å². The highest BCUT2D eigenvalue weighted by Crippen LogP contribution is 2.33. The summed E-state index contributed by atoms with van der Waals surface area (Å²) < 4.78 is 26.6. The van der Waals surface area contributed by atoms with Crippen LogP contribution in [0.25, 0.3) is 0 Å². The molecule has 3 N–H and O–H groups in total. The van der Waals surface area contributed by atoms with Crippen LogP contribution in [0.4, 0.5) is 0 Å². The molecule has 1 aromatic carbocycles. The van der Waals surface area contributed by atoms with E-state index in [1.165, 1.54) is 4.31 Å². The number of rotatable bonds is 4. The molecular weight excluding hydrogens is 290 g/mol. The number of nitrogens with two attached hydrogens (primary N) is 1. The van der Waals surface area contributed by atoms with E-state index in [-0.39, 0.29) is 17.3 Å². The molecule has 1 amide bonds. The first kappa shape index (κ1) is 15.9. The number of hydrogen-bond acceptors (Lipinski definition) is 4. The van der Waals surface area contributed by atoms with Gasteiger partial charge >= 0.3 is 0 Å². The van der Waals surface area contributed by atoms with Crippen molar-refractivity contribution in [3.05, 3.63) is 29.8 Å². The van der Waals surface area contributed by atoms with Gasteiger partial charge in [0.15, 0.2) is 0 Å². The molecule has 1 aliphatic heterocycles. The zero-order chi connectivity index (χ0) is 15.7. The van der Waals surface area contributed by atoms with Crippen LogP contribution in [-0.4, -0.2) is 38.8 Å². The van der Waals surface area contributed by atoms with Gasteiger partial charge in [-0.25, -0.2) is 8.42 Å². The predicted molar refractivity (Wildman–Crippen MR) is 79.9 cm³/mol. The second-order valence-corrected chi connectivity index (χ2v) is 7.51. The van der Waals surface area contributed by atoms with Gasteiger partial charge in [0, 0.05) is 26.7 Å². The Morgan fingerprint density at radius 1 is 1.38 bits per heavy atom. The van der Waals surface area contributed by atoms with Crippen molar-refractivity contribution in [1.82, 2.24) is 9.62 Å². The Labute approximate surface area is 125 Å². The number of benzene rings is 1. The zero-order valence-electron chi connectivity index (χ0n) is 12.3. The lowest BCUT2D eigenvalue weighted by Crippen LogP contribution is -2.40. The second-order valence-electron chi connectivity index (χ2n) is 5.58. The molecule has 1 fully saturated rings. The first-order valence-corrected chi connectivity index (χ1v) is 8.29. The van der Waals surface area contributed by atoms with Crippen molar-refractivity contribution in [3.8, 4) is 0 Å². The van der Waals surface area contributed by atoms with Gasteiger partial charge in [-0.3, -0.25) is 4.79 Å². The molecule has 116 valence electrons. The van der Waals surface area contributed by atoms with E-state index in [2.05, 4.69) is 5.32 Å². The average Bonchev–Trinajstić information content (AvgIpc) is 2.91. The molecule has 1 aromatic rings. The highest BCUT2D eigenvalue weighted by atomic mass is 32.2. The molecule has 21 heavy (non-hydrogen) atoms. The molecule has 0 radical (unpaired) electrons. The van der Waals surface area contributed by atoms with Crippen LogP contribution in [0.3, 0.4) is 0 Å². The van der Waals surface area contributed by atoms with Crippen LogP contribution in [0.5, 0.6) is 0 Å². The van der Waals surface area contributed by atoms with Crippen LogP contribution in [0.15, 0.2) is 29.2 Å². The molecule has 1 aliphatic rings. The Balaban J connectivity index is 2.23. The number of carbonyl (C=O) groups is 1. The molecule has 0 spiro atoms. The smallest absolute Gasteiger partial charge is 0.243 e. The van der Waals surface area contributed by atoms with Crippen LogP contribution in [0.1, 0.15) is 18.9 Å². The number of nitrogens with zero attached hydrogens (tertiary/aromatic N) is 1. The summed E-state index contributed by atoms with van der Waals surface area (Å²) in [6, 6.07) is 6.54. The van der Waals surface area contributed by atoms with E-state index in [4.69, 9.17) is 5.73 Å². The maximum absolute atomic E-state index is 12.6. The van der Waals surface area contributed by atoms with Crippen LogP contribution >= 0.6 is 0 Å². The van der Waals surface area contributed by atoms with Gasteiger partial charge in [-0.1, -0.05) is 12.1 Å². The summed E-state index contributed by atoms with van der Waals surface area (Å²) in [7, 11) is -2.00. The maximum Gasteiger partial charge on any atom is 0.243 e. The molecule has 0 aliphatic carbocycles. The summed E-state index contributed by atoms with van der Waals surface area (Å²) in [5.74, 6) is -0.126. The van der Waals surface area contributed by atoms with E-state index in [0.29, 0.717) is 19.5 Å². The highest BCUT2D eigenvalue weighted by molar-refractivity contribution is 7.89. The number of amides is 1. The molecule has 6 nitrogen and oxygen atoms in total. The summed E-state index contributed by atoms with van der Waals surface area (Å²) in [6.45, 7) is 2.72. The Bertz CT molecular complexity index is 627. The van der Waals surface area contributed by atoms with E-state index in [1.807, 2.05) is 0 Å². The molecule has 2 rings (SSSR count). The quantitative estimate of drug-likeness (QED) is 0.836. The van der Waals surface area contributed by atoms with Gasteiger partial charge in [-0.2, -0.15) is 4.31 Å². The van der Waals surface area contributed by atoms with Crippen LogP contribution in [-0.2, 0) is 21.4 Å². The van der Waals surface area contributed by atoms with Crippen molar-refractivity contribution in [3.63, 3.8) is 0 Å². The molecule has 1 saturated heterocycles. The SMILES string of the molecule is CNC(=O)C1(C)CCN(S(=O)(=O)c2ccc(CN)cc2)C1. The molecule has 0 bridgehead atoms. The predicted octanol–water partition coefficient (Wildman–Crippen LogP) is 0.292. The van der Waals surface area contributed by atoms with Crippen molar-refractivity contribution in [1.29, 1.82) is 0 Å². The average molecular weight is 311 g/mol. The number of sulfonamides is 1. The van der Waals surface area contributed by atoms with Gasteiger partial charge in [-0.15, -0.1) is 0 Å². The Hall–Kier alpha value is -1.44. The van der Waals surface area contributed by atoms with Gasteiger partial charge in [0.1, 0.15) is 0 Å². The Kier molecular flexibility index (Phi) is 4.36. The molecule has 7 heteroatoms. The van der Waals surface area contributed by atoms with Gasteiger partial charge in [-0.05, 0) is 31.0 Å². The third-order valence-corrected chi connectivity index (χ3v) is 5.87. The van der Waals surface area contributed by atoms with Crippen molar-refractivity contribution in [2.75, 3.05) is 20.1 Å². The lowest BCUT2D eigenvalue weighted by Gasteiger charge is -2.22. The largest absolute Gasteiger partial charge is 0.359 e. The van der Waals surface area contributed by atoms with E-state index >= 15 is 0 Å². The standard InChI is InChI=1S/C14H21N3O3S/c1-14(13(18)16-2)7-8-17(10-14)21(19,20)12-5-3-11(9-15)4-6-12/h3-6H,7-10,15H2,1-2H3,(H,16,18). The van der Waals surface area contributed by atoms with Crippen molar-refractivity contribution in [2.45, 2.75) is 24.8 Å². The summed E-state index contributed by atoms with van der Waals surface area (Å²) in [5, 5.41) is 2.60. The van der Waals surface area contributed by atoms with Crippen LogP contribution in [0, 0.1) is 5.41 Å². The van der Waals surface area contributed by atoms with E-state index in [1.54, 1.807) is 38.2 Å². The molecule has 1 unspecified atom stereocenters. The second kappa shape index (κ2) is 5.75. The lowest BCUT2D eigenvalue weighted by molar-refractivity contribution is -0.128. The van der Waals surface area contributed by atoms with E-state index in [9.17, 15) is 13.2 Å². The molecule has 1 atom stereocenters. The molecule has 0 saturated carbocycles. The highest BCUT2D eigenvalue weighted by Gasteiger charge is 2.44. The number of nitrogens with one attached hydrogen (secondary N) is 1. The molecule has 1 heterocycles. The van der Waals surface area contributed by atoms with Crippen LogP contribution < -0.4 is 11.1 Å². The van der Waals surface area contributed by atoms with Crippen molar-refractivity contribution in [2.24, 2.45) is 11.1 Å². The fourth-order valence-corrected chi connectivity index (χ4v) is 4.12. The lowest BCUT2D eigenvalue weighted by atomic mass is 9.89. The molecular formula is C14H21N3O3S. The normalized spacial score (nSPS) is 23.2. The van der Waals surface area contributed by atoms with Crippen LogP contribution in [0.2, 0.25) is 0 Å². The minimum atomic E-state index is -3.56. The Morgan fingerprint density at radius 3 is 2.52 bits per heavy atom. The minimum Gasteiger partial charge on any atom is -0.359 e. The third kappa shape index (κ3) is 2.95. The maximum atomic E-state index is 12.6. The van der Waals surface area contributed by atoms with Crippen molar-refractivity contribution >= 4 is 15.9 Å². The monoisotopic (exact) mass is 311 g/mol. The first-order chi connectivity index (χ1) is 9.83. The van der Waals surface area contributed by atoms with Gasteiger partial charge in [0.2, 0.25) is 15.9 Å². The summed E-state index contributed by atoms with van der Waals surface area (Å²) in [5.41, 5.74) is 5.72. The minimum absolute atomic E-state index is 0.126. The fourth-order valence-electron chi connectivity index (χ4n) is 2.56. The van der Waals surface area contributed by atoms with E-state index < -0.39 is 15.4 Å². The number of carbonyl (C=O) groups excluding carboxylic acids is 1. The zero-order valence-corrected chi connectivity index (χ0v) is 13.1. The summed E-state index contributed by atoms with van der Waals surface area (Å²) >= 11 is 0.